The van der Waals surface area contributed by atoms with Crippen molar-refractivity contribution in [2.24, 2.45) is 7.05 Å². The normalized spacial score (nSPS) is 10.8. The van der Waals surface area contributed by atoms with E-state index in [9.17, 15) is 4.79 Å². The molecule has 0 atom stereocenters. The molecule has 0 saturated heterocycles. The fraction of sp³-hybridized carbons (Fsp3) is 0.412. The van der Waals surface area contributed by atoms with Gasteiger partial charge in [0.25, 0.3) is 5.91 Å². The Hall–Kier alpha value is -2.30. The Morgan fingerprint density at radius 1 is 1.41 bits per heavy atom. The third kappa shape index (κ3) is 3.47. The van der Waals surface area contributed by atoms with E-state index in [1.54, 1.807) is 24.1 Å². The number of methoxy groups -OCH3 is 1. The molecule has 5 heteroatoms. The summed E-state index contributed by atoms with van der Waals surface area (Å²) in [4.78, 5) is 14.7. The Balaban J connectivity index is 2.26. The fourth-order valence-electron chi connectivity index (χ4n) is 2.36. The topological polar surface area (TPSA) is 47.4 Å². The smallest absolute Gasteiger partial charge is 0.254 e. The standard InChI is InChI=1S/C17H23N3O2/c1-12(2)20(11-14-9-18-19(4)10-14)17(21)15-7-6-13(3)16(8-15)22-5/h6-10,12H,11H2,1-5H3. The summed E-state index contributed by atoms with van der Waals surface area (Å²) in [5.74, 6) is 0.730. The molecule has 2 rings (SSSR count). The summed E-state index contributed by atoms with van der Waals surface area (Å²) in [5.41, 5.74) is 2.67. The molecule has 0 radical (unpaired) electrons. The predicted molar refractivity (Wildman–Crippen MR) is 85.9 cm³/mol. The lowest BCUT2D eigenvalue weighted by Crippen LogP contribution is -2.36. The Bertz CT molecular complexity index is 662. The van der Waals surface area contributed by atoms with E-state index in [4.69, 9.17) is 4.74 Å². The highest BCUT2D eigenvalue weighted by atomic mass is 16.5. The van der Waals surface area contributed by atoms with Crippen LogP contribution in [0.3, 0.4) is 0 Å². The summed E-state index contributed by atoms with van der Waals surface area (Å²) in [6.45, 7) is 6.53. The lowest BCUT2D eigenvalue weighted by atomic mass is 10.1. The van der Waals surface area contributed by atoms with E-state index in [0.717, 1.165) is 16.9 Å². The van der Waals surface area contributed by atoms with Crippen molar-refractivity contribution in [3.8, 4) is 5.75 Å². The maximum atomic E-state index is 12.8. The van der Waals surface area contributed by atoms with Crippen molar-refractivity contribution in [1.82, 2.24) is 14.7 Å². The fourth-order valence-corrected chi connectivity index (χ4v) is 2.36. The number of hydrogen-bond acceptors (Lipinski definition) is 3. The maximum absolute atomic E-state index is 12.8. The molecule has 0 aliphatic heterocycles. The average molecular weight is 301 g/mol. The molecule has 1 amide bonds. The molecule has 22 heavy (non-hydrogen) atoms. The summed E-state index contributed by atoms with van der Waals surface area (Å²) in [6, 6.07) is 5.66. The molecule has 2 aromatic rings. The Kier molecular flexibility index (Phi) is 4.85. The van der Waals surface area contributed by atoms with Gasteiger partial charge in [0.2, 0.25) is 0 Å². The maximum Gasteiger partial charge on any atom is 0.254 e. The number of aromatic nitrogens is 2. The number of aryl methyl sites for hydroxylation is 2. The third-order valence-electron chi connectivity index (χ3n) is 3.65. The zero-order chi connectivity index (χ0) is 16.3. The predicted octanol–water partition coefficient (Wildman–Crippen LogP) is 2.79. The molecule has 1 aromatic carbocycles. The number of rotatable bonds is 5. The van der Waals surface area contributed by atoms with Crippen molar-refractivity contribution < 1.29 is 9.53 Å². The minimum Gasteiger partial charge on any atom is -0.496 e. The van der Waals surface area contributed by atoms with Gasteiger partial charge in [0, 0.05) is 37.0 Å². The number of nitrogens with zero attached hydrogens (tertiary/aromatic N) is 3. The van der Waals surface area contributed by atoms with Crippen LogP contribution in [0.15, 0.2) is 30.6 Å². The van der Waals surface area contributed by atoms with Gasteiger partial charge < -0.3 is 9.64 Å². The van der Waals surface area contributed by atoms with Crippen molar-refractivity contribution >= 4 is 5.91 Å². The van der Waals surface area contributed by atoms with Gasteiger partial charge >= 0.3 is 0 Å². The Morgan fingerprint density at radius 2 is 2.14 bits per heavy atom. The van der Waals surface area contributed by atoms with E-state index in [1.165, 1.54) is 0 Å². The lowest BCUT2D eigenvalue weighted by molar-refractivity contribution is 0.0690. The number of carbonyl (C=O) groups is 1. The first-order chi connectivity index (χ1) is 10.4. The van der Waals surface area contributed by atoms with Crippen LogP contribution < -0.4 is 4.74 Å². The molecule has 0 aliphatic carbocycles. The van der Waals surface area contributed by atoms with E-state index in [0.29, 0.717) is 12.1 Å². The van der Waals surface area contributed by atoms with Crippen LogP contribution in [0.5, 0.6) is 5.75 Å². The first kappa shape index (κ1) is 16.1. The second kappa shape index (κ2) is 6.64. The van der Waals surface area contributed by atoms with Crippen molar-refractivity contribution in [3.63, 3.8) is 0 Å². The molecule has 0 bridgehead atoms. The third-order valence-corrected chi connectivity index (χ3v) is 3.65. The van der Waals surface area contributed by atoms with Crippen molar-refractivity contribution in [3.05, 3.63) is 47.3 Å². The number of ether oxygens (including phenoxy) is 1. The van der Waals surface area contributed by atoms with Gasteiger partial charge in [-0.25, -0.2) is 0 Å². The molecule has 1 aromatic heterocycles. The van der Waals surface area contributed by atoms with Crippen LogP contribution >= 0.6 is 0 Å². The van der Waals surface area contributed by atoms with Crippen LogP contribution in [0.1, 0.15) is 35.3 Å². The zero-order valence-electron chi connectivity index (χ0n) is 13.8. The van der Waals surface area contributed by atoms with Gasteiger partial charge in [-0.05, 0) is 38.5 Å². The number of benzene rings is 1. The van der Waals surface area contributed by atoms with Crippen LogP contribution in [0.4, 0.5) is 0 Å². The molecule has 0 spiro atoms. The Morgan fingerprint density at radius 3 is 2.68 bits per heavy atom. The average Bonchev–Trinajstić information content (AvgIpc) is 2.89. The van der Waals surface area contributed by atoms with Gasteiger partial charge in [-0.1, -0.05) is 6.07 Å². The number of hydrogen-bond donors (Lipinski definition) is 0. The Labute approximate surface area is 131 Å². The van der Waals surface area contributed by atoms with Crippen molar-refractivity contribution in [1.29, 1.82) is 0 Å². The highest BCUT2D eigenvalue weighted by molar-refractivity contribution is 5.95. The van der Waals surface area contributed by atoms with Gasteiger partial charge in [0.15, 0.2) is 0 Å². The second-order valence-electron chi connectivity index (χ2n) is 5.73. The number of amides is 1. The molecule has 0 fully saturated rings. The van der Waals surface area contributed by atoms with Gasteiger partial charge in [-0.2, -0.15) is 5.10 Å². The van der Waals surface area contributed by atoms with E-state index in [1.807, 2.05) is 51.0 Å². The molecule has 0 N–H and O–H groups in total. The van der Waals surface area contributed by atoms with E-state index >= 15 is 0 Å². The van der Waals surface area contributed by atoms with E-state index in [2.05, 4.69) is 5.10 Å². The summed E-state index contributed by atoms with van der Waals surface area (Å²) in [6.07, 6.45) is 3.72. The van der Waals surface area contributed by atoms with Crippen LogP contribution in [-0.4, -0.2) is 33.7 Å². The molecular weight excluding hydrogens is 278 g/mol. The van der Waals surface area contributed by atoms with E-state index < -0.39 is 0 Å². The molecule has 0 unspecified atom stereocenters. The van der Waals surface area contributed by atoms with Crippen LogP contribution in [-0.2, 0) is 13.6 Å². The quantitative estimate of drug-likeness (QED) is 0.853. The second-order valence-corrected chi connectivity index (χ2v) is 5.73. The van der Waals surface area contributed by atoms with Gasteiger partial charge in [0.1, 0.15) is 5.75 Å². The minimum absolute atomic E-state index is 0.00264. The molecule has 1 heterocycles. The molecule has 0 saturated carbocycles. The van der Waals surface area contributed by atoms with Crippen molar-refractivity contribution in [2.45, 2.75) is 33.4 Å². The van der Waals surface area contributed by atoms with Crippen LogP contribution in [0.2, 0.25) is 0 Å². The number of carbonyl (C=O) groups excluding carboxylic acids is 1. The summed E-state index contributed by atoms with van der Waals surface area (Å²) in [5, 5.41) is 4.16. The monoisotopic (exact) mass is 301 g/mol. The molecule has 0 aliphatic rings. The summed E-state index contributed by atoms with van der Waals surface area (Å²) >= 11 is 0. The highest BCUT2D eigenvalue weighted by Crippen LogP contribution is 2.21. The summed E-state index contributed by atoms with van der Waals surface area (Å²) < 4.78 is 7.06. The molecular formula is C17H23N3O2. The minimum atomic E-state index is -0.00264. The first-order valence-corrected chi connectivity index (χ1v) is 7.35. The zero-order valence-corrected chi connectivity index (χ0v) is 13.8. The largest absolute Gasteiger partial charge is 0.496 e. The van der Waals surface area contributed by atoms with Gasteiger partial charge in [-0.15, -0.1) is 0 Å². The van der Waals surface area contributed by atoms with E-state index in [-0.39, 0.29) is 11.9 Å². The summed E-state index contributed by atoms with van der Waals surface area (Å²) in [7, 11) is 3.49. The van der Waals surface area contributed by atoms with Crippen LogP contribution in [0, 0.1) is 6.92 Å². The van der Waals surface area contributed by atoms with Crippen molar-refractivity contribution in [2.75, 3.05) is 7.11 Å². The SMILES string of the molecule is COc1cc(C(=O)N(Cc2cnn(C)c2)C(C)C)ccc1C. The van der Waals surface area contributed by atoms with Gasteiger partial charge in [0.05, 0.1) is 13.3 Å². The van der Waals surface area contributed by atoms with Crippen LogP contribution in [0.25, 0.3) is 0 Å². The first-order valence-electron chi connectivity index (χ1n) is 7.35. The molecule has 118 valence electrons. The molecule has 5 nitrogen and oxygen atoms in total. The lowest BCUT2D eigenvalue weighted by Gasteiger charge is -2.26. The van der Waals surface area contributed by atoms with Gasteiger partial charge in [-0.3, -0.25) is 9.48 Å². The highest BCUT2D eigenvalue weighted by Gasteiger charge is 2.20.